The minimum Gasteiger partial charge on any atom is -0.408 e. The number of aromatic nitrogens is 1. The van der Waals surface area contributed by atoms with E-state index in [9.17, 15) is 9.59 Å². The molecule has 0 saturated carbocycles. The first-order chi connectivity index (χ1) is 12.5. The van der Waals surface area contributed by atoms with Crippen molar-refractivity contribution < 1.29 is 9.21 Å². The van der Waals surface area contributed by atoms with Crippen LogP contribution in [0.3, 0.4) is 0 Å². The smallest absolute Gasteiger partial charge is 0.408 e. The first kappa shape index (κ1) is 17.5. The number of rotatable bonds is 5. The van der Waals surface area contributed by atoms with Crippen molar-refractivity contribution in [3.05, 3.63) is 70.2 Å². The van der Waals surface area contributed by atoms with E-state index in [1.54, 1.807) is 41.3 Å². The number of nitriles is 1. The van der Waals surface area contributed by atoms with E-state index in [4.69, 9.17) is 9.68 Å². The maximum Gasteiger partial charge on any atom is 0.420 e. The highest BCUT2D eigenvalue weighted by Crippen LogP contribution is 2.14. The van der Waals surface area contributed by atoms with Crippen LogP contribution >= 0.6 is 0 Å². The summed E-state index contributed by atoms with van der Waals surface area (Å²) in [6.45, 7) is 4.19. The molecule has 3 rings (SSSR count). The van der Waals surface area contributed by atoms with Crippen molar-refractivity contribution in [3.8, 4) is 6.07 Å². The third-order valence-electron chi connectivity index (χ3n) is 4.25. The van der Waals surface area contributed by atoms with Crippen LogP contribution < -0.4 is 5.76 Å². The van der Waals surface area contributed by atoms with Crippen LogP contribution in [-0.2, 0) is 17.9 Å². The number of hydrogen-bond donors (Lipinski definition) is 0. The number of benzene rings is 2. The molecule has 0 saturated heterocycles. The summed E-state index contributed by atoms with van der Waals surface area (Å²) in [5.74, 6) is -0.709. The van der Waals surface area contributed by atoms with Crippen LogP contribution in [0.5, 0.6) is 0 Å². The quantitative estimate of drug-likeness (QED) is 0.709. The Bertz CT molecular complexity index is 1020. The summed E-state index contributed by atoms with van der Waals surface area (Å²) in [6, 6.07) is 16.2. The Kier molecular flexibility index (Phi) is 4.90. The average Bonchev–Trinajstić information content (AvgIpc) is 2.95. The maximum absolute atomic E-state index is 12.8. The highest BCUT2D eigenvalue weighted by atomic mass is 16.4. The molecule has 0 aliphatic heterocycles. The lowest BCUT2D eigenvalue weighted by atomic mass is 10.1. The van der Waals surface area contributed by atoms with E-state index in [2.05, 4.69) is 6.07 Å². The summed E-state index contributed by atoms with van der Waals surface area (Å²) < 4.78 is 6.54. The number of amides is 1. The monoisotopic (exact) mass is 349 g/mol. The molecule has 0 unspecified atom stereocenters. The molecular formula is C20H19N3O3. The molecule has 0 spiro atoms. The van der Waals surface area contributed by atoms with Crippen molar-refractivity contribution >= 4 is 17.0 Å². The second kappa shape index (κ2) is 7.28. The molecule has 6 nitrogen and oxygen atoms in total. The van der Waals surface area contributed by atoms with Gasteiger partial charge in [-0.05, 0) is 43.7 Å². The van der Waals surface area contributed by atoms with Crippen molar-refractivity contribution in [3.63, 3.8) is 0 Å². The zero-order chi connectivity index (χ0) is 18.7. The molecule has 3 aromatic rings. The molecule has 1 aromatic heterocycles. The number of carbonyl (C=O) groups excluding carboxylic acids is 1. The number of fused-ring (bicyclic) bond motifs is 1. The predicted molar refractivity (Wildman–Crippen MR) is 97.3 cm³/mol. The number of para-hydroxylation sites is 2. The van der Waals surface area contributed by atoms with Crippen LogP contribution in [0.1, 0.15) is 25.0 Å². The largest absolute Gasteiger partial charge is 0.420 e. The van der Waals surface area contributed by atoms with Gasteiger partial charge in [-0.1, -0.05) is 24.3 Å². The van der Waals surface area contributed by atoms with Crippen LogP contribution in [-0.4, -0.2) is 21.4 Å². The fraction of sp³-hybridized carbons (Fsp3) is 0.250. The molecule has 0 bridgehead atoms. The van der Waals surface area contributed by atoms with E-state index in [1.807, 2.05) is 26.0 Å². The zero-order valence-electron chi connectivity index (χ0n) is 14.7. The molecule has 26 heavy (non-hydrogen) atoms. The molecule has 1 heterocycles. The topological polar surface area (TPSA) is 79.2 Å². The van der Waals surface area contributed by atoms with Crippen LogP contribution in [0.4, 0.5) is 0 Å². The fourth-order valence-corrected chi connectivity index (χ4v) is 2.83. The lowest BCUT2D eigenvalue weighted by molar-refractivity contribution is -0.134. The van der Waals surface area contributed by atoms with Crippen molar-refractivity contribution in [2.75, 3.05) is 0 Å². The average molecular weight is 349 g/mol. The highest BCUT2D eigenvalue weighted by molar-refractivity contribution is 5.79. The van der Waals surface area contributed by atoms with Crippen LogP contribution in [0, 0.1) is 11.3 Å². The van der Waals surface area contributed by atoms with E-state index in [1.165, 1.54) is 4.57 Å². The molecule has 2 aromatic carbocycles. The minimum absolute atomic E-state index is 0.0352. The molecule has 132 valence electrons. The van der Waals surface area contributed by atoms with E-state index in [0.717, 1.165) is 5.56 Å². The third-order valence-corrected chi connectivity index (χ3v) is 4.25. The normalized spacial score (nSPS) is 10.8. The molecule has 0 radical (unpaired) electrons. The summed E-state index contributed by atoms with van der Waals surface area (Å²) >= 11 is 0. The van der Waals surface area contributed by atoms with Gasteiger partial charge >= 0.3 is 5.76 Å². The van der Waals surface area contributed by atoms with Gasteiger partial charge in [0.15, 0.2) is 5.58 Å². The second-order valence-corrected chi connectivity index (χ2v) is 6.35. The van der Waals surface area contributed by atoms with Gasteiger partial charge in [-0.25, -0.2) is 4.79 Å². The Labute approximate surface area is 150 Å². The van der Waals surface area contributed by atoms with Gasteiger partial charge in [0.1, 0.15) is 6.54 Å². The van der Waals surface area contributed by atoms with Crippen molar-refractivity contribution in [2.24, 2.45) is 0 Å². The van der Waals surface area contributed by atoms with Gasteiger partial charge in [0, 0.05) is 12.6 Å². The Balaban J connectivity index is 1.83. The SMILES string of the molecule is CC(C)N(Cc1ccc(C#N)cc1)C(=O)Cn1c(=O)oc2ccccc21. The third kappa shape index (κ3) is 3.52. The summed E-state index contributed by atoms with van der Waals surface area (Å²) in [5, 5.41) is 8.89. The van der Waals surface area contributed by atoms with Gasteiger partial charge in [-0.3, -0.25) is 9.36 Å². The Hall–Kier alpha value is -3.33. The van der Waals surface area contributed by atoms with E-state index < -0.39 is 5.76 Å². The van der Waals surface area contributed by atoms with Crippen molar-refractivity contribution in [1.82, 2.24) is 9.47 Å². The summed E-state index contributed by atoms with van der Waals surface area (Å²) in [5.41, 5.74) is 2.57. The first-order valence-corrected chi connectivity index (χ1v) is 8.36. The first-order valence-electron chi connectivity index (χ1n) is 8.36. The second-order valence-electron chi connectivity index (χ2n) is 6.35. The maximum atomic E-state index is 12.8. The van der Waals surface area contributed by atoms with Crippen LogP contribution in [0.25, 0.3) is 11.1 Å². The fourth-order valence-electron chi connectivity index (χ4n) is 2.83. The molecule has 0 fully saturated rings. The van der Waals surface area contributed by atoms with Crippen molar-refractivity contribution in [2.45, 2.75) is 33.0 Å². The molecular weight excluding hydrogens is 330 g/mol. The van der Waals surface area contributed by atoms with Gasteiger partial charge in [0.05, 0.1) is 17.1 Å². The Morgan fingerprint density at radius 2 is 1.88 bits per heavy atom. The molecule has 0 N–H and O–H groups in total. The van der Waals surface area contributed by atoms with E-state index >= 15 is 0 Å². The molecule has 0 aliphatic carbocycles. The summed E-state index contributed by atoms with van der Waals surface area (Å²) in [4.78, 5) is 26.6. The number of carbonyl (C=O) groups is 1. The number of nitrogens with zero attached hydrogens (tertiary/aromatic N) is 3. The standard InChI is InChI=1S/C20H19N3O3/c1-14(2)22(12-16-9-7-15(11-21)8-10-16)19(24)13-23-17-5-3-4-6-18(17)26-20(23)25/h3-10,14H,12-13H2,1-2H3. The van der Waals surface area contributed by atoms with Crippen LogP contribution in [0.15, 0.2) is 57.7 Å². The highest BCUT2D eigenvalue weighted by Gasteiger charge is 2.20. The van der Waals surface area contributed by atoms with Gasteiger partial charge < -0.3 is 9.32 Å². The molecule has 0 aliphatic rings. The number of oxazole rings is 1. The van der Waals surface area contributed by atoms with Gasteiger partial charge in [0.2, 0.25) is 5.91 Å². The molecule has 6 heteroatoms. The van der Waals surface area contributed by atoms with Gasteiger partial charge in [0.25, 0.3) is 0 Å². The summed E-state index contributed by atoms with van der Waals surface area (Å²) in [7, 11) is 0. The summed E-state index contributed by atoms with van der Waals surface area (Å²) in [6.07, 6.45) is 0. The van der Waals surface area contributed by atoms with Crippen LogP contribution in [0.2, 0.25) is 0 Å². The van der Waals surface area contributed by atoms with Gasteiger partial charge in [-0.2, -0.15) is 5.26 Å². The van der Waals surface area contributed by atoms with Crippen molar-refractivity contribution in [1.29, 1.82) is 5.26 Å². The predicted octanol–water partition coefficient (Wildman–Crippen LogP) is 2.90. The zero-order valence-corrected chi connectivity index (χ0v) is 14.7. The lowest BCUT2D eigenvalue weighted by Crippen LogP contribution is -2.39. The molecule has 1 amide bonds. The Morgan fingerprint density at radius 3 is 2.54 bits per heavy atom. The molecule has 0 atom stereocenters. The number of hydrogen-bond acceptors (Lipinski definition) is 4. The van der Waals surface area contributed by atoms with Gasteiger partial charge in [-0.15, -0.1) is 0 Å². The Morgan fingerprint density at radius 1 is 1.19 bits per heavy atom. The van der Waals surface area contributed by atoms with E-state index in [-0.39, 0.29) is 18.5 Å². The minimum atomic E-state index is -0.540. The van der Waals surface area contributed by atoms with E-state index in [0.29, 0.717) is 23.2 Å². The lowest BCUT2D eigenvalue weighted by Gasteiger charge is -2.27.